The average Bonchev–Trinajstić information content (AvgIpc) is 2.42. The van der Waals surface area contributed by atoms with E-state index in [0.29, 0.717) is 0 Å². The van der Waals surface area contributed by atoms with E-state index in [-0.39, 0.29) is 13.0 Å². The molecular weight excluding hydrogens is 311 g/mol. The Kier molecular flexibility index (Phi) is 6.01. The highest BCUT2D eigenvalue weighted by Crippen LogP contribution is 2.24. The molecule has 0 aromatic heterocycles. The Morgan fingerprint density at radius 2 is 1.45 bits per heavy atom. The predicted octanol–water partition coefficient (Wildman–Crippen LogP) is 2.41. The fourth-order valence-corrected chi connectivity index (χ4v) is 1.98. The molecule has 0 aliphatic heterocycles. The second kappa shape index (κ2) is 7.15. The maximum absolute atomic E-state index is 13.4. The van der Waals surface area contributed by atoms with E-state index in [1.165, 1.54) is 6.92 Å². The lowest BCUT2D eigenvalue weighted by Gasteiger charge is -2.21. The van der Waals surface area contributed by atoms with Crippen molar-refractivity contribution in [2.24, 2.45) is 0 Å². The Hall–Kier alpha value is -1.54. The van der Waals surface area contributed by atoms with E-state index >= 15 is 0 Å². The molecule has 0 saturated carbocycles. The smallest absolute Gasteiger partial charge is 0.200 e. The summed E-state index contributed by atoms with van der Waals surface area (Å²) in [4.78, 5) is 11.6. The van der Waals surface area contributed by atoms with Gasteiger partial charge < -0.3 is 10.2 Å². The monoisotopic (exact) mass is 326 g/mol. The Morgan fingerprint density at radius 1 is 1.00 bits per heavy atom. The molecule has 1 aromatic carbocycles. The molecule has 0 spiro atoms. The number of ketones is 1. The van der Waals surface area contributed by atoms with Crippen LogP contribution in [0.3, 0.4) is 0 Å². The quantitative estimate of drug-likeness (QED) is 0.460. The van der Waals surface area contributed by atoms with Crippen molar-refractivity contribution in [1.29, 1.82) is 0 Å². The second-order valence-electron chi connectivity index (χ2n) is 5.23. The highest BCUT2D eigenvalue weighted by Gasteiger charge is 2.27. The first-order valence-electron chi connectivity index (χ1n) is 6.46. The highest BCUT2D eigenvalue weighted by molar-refractivity contribution is 5.79. The zero-order chi connectivity index (χ0) is 17.1. The molecule has 22 heavy (non-hydrogen) atoms. The number of rotatable bonds is 7. The van der Waals surface area contributed by atoms with Crippen LogP contribution in [0.25, 0.3) is 0 Å². The molecule has 0 aliphatic carbocycles. The number of carbonyl (C=O) groups is 1. The summed E-state index contributed by atoms with van der Waals surface area (Å²) in [6.45, 7) is 0.928. The van der Waals surface area contributed by atoms with Crippen LogP contribution in [0.5, 0.6) is 0 Å². The van der Waals surface area contributed by atoms with Gasteiger partial charge in [-0.1, -0.05) is 0 Å². The van der Waals surface area contributed by atoms with Crippen molar-refractivity contribution in [2.45, 2.75) is 38.2 Å². The minimum absolute atomic E-state index is 0.0821. The lowest BCUT2D eigenvalue weighted by Crippen LogP contribution is -2.29. The van der Waals surface area contributed by atoms with Crippen LogP contribution < -0.4 is 0 Å². The third-order valence-electron chi connectivity index (χ3n) is 3.18. The first-order chi connectivity index (χ1) is 10.1. The normalized spacial score (nSPS) is 14.0. The first-order valence-corrected chi connectivity index (χ1v) is 6.46. The van der Waals surface area contributed by atoms with Crippen molar-refractivity contribution in [3.8, 4) is 0 Å². The zero-order valence-electron chi connectivity index (χ0n) is 11.7. The molecule has 0 aliphatic rings. The minimum Gasteiger partial charge on any atom is -0.396 e. The van der Waals surface area contributed by atoms with Crippen LogP contribution in [0.2, 0.25) is 0 Å². The van der Waals surface area contributed by atoms with Gasteiger partial charge in [-0.2, -0.15) is 0 Å². The SMILES string of the molecule is CC(O)(CCO)CC(=O)CCc1c(F)c(F)c(F)c(F)c1F. The van der Waals surface area contributed by atoms with Crippen LogP contribution >= 0.6 is 0 Å². The van der Waals surface area contributed by atoms with Crippen LogP contribution in [0.4, 0.5) is 22.0 Å². The first kappa shape index (κ1) is 18.5. The van der Waals surface area contributed by atoms with E-state index in [1.54, 1.807) is 0 Å². The summed E-state index contributed by atoms with van der Waals surface area (Å²) in [5, 5.41) is 18.4. The fraction of sp³-hybridized carbons (Fsp3) is 0.500. The molecule has 0 heterocycles. The van der Waals surface area contributed by atoms with Gasteiger partial charge >= 0.3 is 0 Å². The van der Waals surface area contributed by atoms with Crippen molar-refractivity contribution in [1.82, 2.24) is 0 Å². The second-order valence-corrected chi connectivity index (χ2v) is 5.23. The minimum atomic E-state index is -2.25. The Balaban J connectivity index is 2.83. The Bertz CT molecular complexity index is 543. The van der Waals surface area contributed by atoms with Gasteiger partial charge in [-0.25, -0.2) is 22.0 Å². The molecule has 1 aromatic rings. The number of carbonyl (C=O) groups excluding carboxylic acids is 1. The standard InChI is InChI=1S/C14H15F5O3/c1-14(22,4-5-20)6-7(21)2-3-8-9(15)11(17)13(19)12(18)10(8)16/h20,22H,2-6H2,1H3. The number of benzene rings is 1. The third-order valence-corrected chi connectivity index (χ3v) is 3.18. The average molecular weight is 326 g/mol. The molecular formula is C14H15F5O3. The topological polar surface area (TPSA) is 57.5 Å². The van der Waals surface area contributed by atoms with Gasteiger partial charge in [-0.15, -0.1) is 0 Å². The Morgan fingerprint density at radius 3 is 1.91 bits per heavy atom. The molecule has 0 saturated heterocycles. The number of Topliss-reactive ketones (excluding diaryl/α,β-unsaturated/α-hetero) is 1. The van der Waals surface area contributed by atoms with Gasteiger partial charge in [0.15, 0.2) is 23.3 Å². The van der Waals surface area contributed by atoms with Crippen molar-refractivity contribution >= 4 is 5.78 Å². The number of halogens is 5. The van der Waals surface area contributed by atoms with Crippen LogP contribution in [0.1, 0.15) is 31.7 Å². The van der Waals surface area contributed by atoms with Gasteiger partial charge in [-0.3, -0.25) is 4.79 Å². The van der Waals surface area contributed by atoms with Crippen molar-refractivity contribution in [3.05, 3.63) is 34.6 Å². The molecule has 0 fully saturated rings. The fourth-order valence-electron chi connectivity index (χ4n) is 1.98. The zero-order valence-corrected chi connectivity index (χ0v) is 11.7. The lowest BCUT2D eigenvalue weighted by atomic mass is 9.93. The van der Waals surface area contributed by atoms with Crippen LogP contribution in [0, 0.1) is 29.1 Å². The van der Waals surface area contributed by atoms with Gasteiger partial charge in [0, 0.05) is 25.0 Å². The van der Waals surface area contributed by atoms with Crippen molar-refractivity contribution in [3.63, 3.8) is 0 Å². The molecule has 1 rings (SSSR count). The van der Waals surface area contributed by atoms with Crippen LogP contribution in [0.15, 0.2) is 0 Å². The van der Waals surface area contributed by atoms with Gasteiger partial charge in [0.1, 0.15) is 5.78 Å². The number of hydrogen-bond acceptors (Lipinski definition) is 3. The largest absolute Gasteiger partial charge is 0.396 e. The molecule has 8 heteroatoms. The van der Waals surface area contributed by atoms with Crippen molar-refractivity contribution in [2.75, 3.05) is 6.61 Å². The van der Waals surface area contributed by atoms with Crippen LogP contribution in [-0.4, -0.2) is 28.2 Å². The van der Waals surface area contributed by atoms with Crippen molar-refractivity contribution < 1.29 is 37.0 Å². The maximum Gasteiger partial charge on any atom is 0.200 e. The summed E-state index contributed by atoms with van der Waals surface area (Å²) in [6.07, 6.45) is -1.66. The van der Waals surface area contributed by atoms with E-state index in [1.807, 2.05) is 0 Å². The summed E-state index contributed by atoms with van der Waals surface area (Å²) < 4.78 is 65.6. The molecule has 124 valence electrons. The lowest BCUT2D eigenvalue weighted by molar-refractivity contribution is -0.123. The predicted molar refractivity (Wildman–Crippen MR) is 66.5 cm³/mol. The van der Waals surface area contributed by atoms with Crippen LogP contribution in [-0.2, 0) is 11.2 Å². The number of aliphatic hydroxyl groups is 2. The highest BCUT2D eigenvalue weighted by atomic mass is 19.2. The summed E-state index contributed by atoms with van der Waals surface area (Å²) >= 11 is 0. The summed E-state index contributed by atoms with van der Waals surface area (Å²) in [5.74, 6) is -10.9. The Labute approximate surface area is 123 Å². The van der Waals surface area contributed by atoms with Gasteiger partial charge in [0.05, 0.1) is 5.60 Å². The van der Waals surface area contributed by atoms with E-state index in [2.05, 4.69) is 0 Å². The van der Waals surface area contributed by atoms with E-state index in [9.17, 15) is 31.9 Å². The van der Waals surface area contributed by atoms with Gasteiger partial charge in [0.2, 0.25) is 5.82 Å². The summed E-state index contributed by atoms with van der Waals surface area (Å²) in [6, 6.07) is 0. The summed E-state index contributed by atoms with van der Waals surface area (Å²) in [5.41, 5.74) is -2.56. The number of hydrogen-bond donors (Lipinski definition) is 2. The van der Waals surface area contributed by atoms with E-state index in [0.717, 1.165) is 0 Å². The maximum atomic E-state index is 13.4. The van der Waals surface area contributed by atoms with Gasteiger partial charge in [0.25, 0.3) is 0 Å². The van der Waals surface area contributed by atoms with Gasteiger partial charge in [-0.05, 0) is 19.8 Å². The molecule has 1 atom stereocenters. The number of aliphatic hydroxyl groups excluding tert-OH is 1. The van der Waals surface area contributed by atoms with E-state index < -0.39 is 65.3 Å². The molecule has 3 nitrogen and oxygen atoms in total. The molecule has 2 N–H and O–H groups in total. The molecule has 0 bridgehead atoms. The molecule has 1 unspecified atom stereocenters. The molecule has 0 amide bonds. The molecule has 0 radical (unpaired) electrons. The summed E-state index contributed by atoms with van der Waals surface area (Å²) in [7, 11) is 0. The van der Waals surface area contributed by atoms with E-state index in [4.69, 9.17) is 5.11 Å². The third kappa shape index (κ3) is 4.23.